The molecule has 0 fully saturated rings. The average molecular weight is 499 g/mol. The van der Waals surface area contributed by atoms with Crippen molar-refractivity contribution >= 4 is 11.9 Å². The van der Waals surface area contributed by atoms with Gasteiger partial charge in [0.15, 0.2) is 0 Å². The van der Waals surface area contributed by atoms with Gasteiger partial charge in [0.25, 0.3) is 0 Å². The first-order valence-electron chi connectivity index (χ1n) is 14.9. The number of carbonyl (C=O) groups excluding carboxylic acids is 2. The van der Waals surface area contributed by atoms with Crippen molar-refractivity contribution in [2.75, 3.05) is 13.2 Å². The average Bonchev–Trinajstić information content (AvgIpc) is 2.83. The van der Waals surface area contributed by atoms with Crippen LogP contribution in [0.25, 0.3) is 0 Å². The number of aliphatic hydroxyl groups is 1. The maximum atomic E-state index is 11.8. The lowest BCUT2D eigenvalue weighted by molar-refractivity contribution is -0.152. The van der Waals surface area contributed by atoms with Gasteiger partial charge in [0.1, 0.15) is 19.3 Å². The van der Waals surface area contributed by atoms with Gasteiger partial charge in [-0.25, -0.2) is 0 Å². The van der Waals surface area contributed by atoms with Gasteiger partial charge in [-0.1, -0.05) is 130 Å². The van der Waals surface area contributed by atoms with E-state index in [4.69, 9.17) is 9.47 Å². The molecule has 0 aromatic heterocycles. The lowest BCUT2D eigenvalue weighted by atomic mass is 10.0. The van der Waals surface area contributed by atoms with Crippen LogP contribution in [0.1, 0.15) is 156 Å². The summed E-state index contributed by atoms with van der Waals surface area (Å²) < 4.78 is 10.2. The first-order valence-corrected chi connectivity index (χ1v) is 14.9. The second kappa shape index (κ2) is 26.0. The zero-order chi connectivity index (χ0) is 26.0. The summed E-state index contributed by atoms with van der Waals surface area (Å²) in [5.41, 5.74) is 0. The standard InChI is InChI=1S/C30H58O5/c1-4-5-6-7-8-9-10-11-14-17-20-23-29(32)34-25-28(31)26-35-30(33)24-21-18-15-12-13-16-19-22-27(2)3/h27-28,31H,4-26H2,1-3H3/t28-/m0/s1. The van der Waals surface area contributed by atoms with E-state index in [9.17, 15) is 14.7 Å². The van der Waals surface area contributed by atoms with Crippen LogP contribution in [0.2, 0.25) is 0 Å². The molecule has 5 heteroatoms. The molecule has 0 aromatic rings. The molecule has 0 saturated carbocycles. The molecule has 5 nitrogen and oxygen atoms in total. The Hall–Kier alpha value is -1.10. The van der Waals surface area contributed by atoms with Gasteiger partial charge in [0.2, 0.25) is 0 Å². The van der Waals surface area contributed by atoms with Crippen molar-refractivity contribution in [3.8, 4) is 0 Å². The molecule has 1 atom stereocenters. The minimum absolute atomic E-state index is 0.110. The third kappa shape index (κ3) is 27.3. The van der Waals surface area contributed by atoms with Crippen molar-refractivity contribution < 1.29 is 24.2 Å². The minimum Gasteiger partial charge on any atom is -0.463 e. The highest BCUT2D eigenvalue weighted by atomic mass is 16.6. The molecule has 0 aliphatic heterocycles. The van der Waals surface area contributed by atoms with E-state index in [1.54, 1.807) is 0 Å². The first kappa shape index (κ1) is 33.9. The Kier molecular flexibility index (Phi) is 25.2. The van der Waals surface area contributed by atoms with Gasteiger partial charge in [-0.05, 0) is 18.8 Å². The van der Waals surface area contributed by atoms with Crippen LogP contribution in [-0.2, 0) is 19.1 Å². The Labute approximate surface area is 217 Å². The lowest BCUT2D eigenvalue weighted by Gasteiger charge is -2.12. The van der Waals surface area contributed by atoms with Crippen LogP contribution in [-0.4, -0.2) is 36.4 Å². The molecule has 0 rings (SSSR count). The smallest absolute Gasteiger partial charge is 0.305 e. The van der Waals surface area contributed by atoms with E-state index in [-0.39, 0.29) is 25.2 Å². The zero-order valence-electron chi connectivity index (χ0n) is 23.5. The highest BCUT2D eigenvalue weighted by molar-refractivity contribution is 5.69. The van der Waals surface area contributed by atoms with Crippen molar-refractivity contribution in [2.45, 2.75) is 162 Å². The monoisotopic (exact) mass is 498 g/mol. The molecule has 0 heterocycles. The van der Waals surface area contributed by atoms with Crippen LogP contribution >= 0.6 is 0 Å². The number of hydrogen-bond acceptors (Lipinski definition) is 5. The molecule has 0 bridgehead atoms. The number of aliphatic hydroxyl groups excluding tert-OH is 1. The molecule has 0 spiro atoms. The fraction of sp³-hybridized carbons (Fsp3) is 0.933. The van der Waals surface area contributed by atoms with E-state index in [1.807, 2.05) is 0 Å². The summed E-state index contributed by atoms with van der Waals surface area (Å²) in [4.78, 5) is 23.6. The molecule has 1 N–H and O–H groups in total. The maximum Gasteiger partial charge on any atom is 0.305 e. The summed E-state index contributed by atoms with van der Waals surface area (Å²) in [7, 11) is 0. The Bertz CT molecular complexity index is 477. The highest BCUT2D eigenvalue weighted by Gasteiger charge is 2.12. The number of carbonyl (C=O) groups is 2. The lowest BCUT2D eigenvalue weighted by Crippen LogP contribution is -2.25. The summed E-state index contributed by atoms with van der Waals surface area (Å²) in [5, 5.41) is 9.90. The molecule has 0 saturated heterocycles. The predicted octanol–water partition coefficient (Wildman–Crippen LogP) is 8.30. The van der Waals surface area contributed by atoms with Crippen molar-refractivity contribution in [3.05, 3.63) is 0 Å². The molecule has 0 amide bonds. The number of rotatable bonds is 26. The second-order valence-electron chi connectivity index (χ2n) is 10.7. The minimum atomic E-state index is -0.953. The molecule has 0 aromatic carbocycles. The normalized spacial score (nSPS) is 12.1. The number of unbranched alkanes of at least 4 members (excludes halogenated alkanes) is 16. The molecular formula is C30H58O5. The zero-order valence-corrected chi connectivity index (χ0v) is 23.5. The van der Waals surface area contributed by atoms with Crippen LogP contribution in [0.5, 0.6) is 0 Å². The number of hydrogen-bond donors (Lipinski definition) is 1. The molecule has 0 unspecified atom stereocenters. The summed E-state index contributed by atoms with van der Waals surface area (Å²) in [6.45, 7) is 6.56. The number of ether oxygens (including phenoxy) is 2. The van der Waals surface area contributed by atoms with Gasteiger partial charge in [0.05, 0.1) is 0 Å². The van der Waals surface area contributed by atoms with Gasteiger partial charge in [-0.3, -0.25) is 9.59 Å². The summed E-state index contributed by atoms with van der Waals surface area (Å²) in [5.74, 6) is 0.231. The second-order valence-corrected chi connectivity index (χ2v) is 10.7. The largest absolute Gasteiger partial charge is 0.463 e. The van der Waals surface area contributed by atoms with Crippen LogP contribution in [0.15, 0.2) is 0 Å². The van der Waals surface area contributed by atoms with Gasteiger partial charge < -0.3 is 14.6 Å². The van der Waals surface area contributed by atoms with Crippen molar-refractivity contribution in [1.29, 1.82) is 0 Å². The highest BCUT2D eigenvalue weighted by Crippen LogP contribution is 2.13. The van der Waals surface area contributed by atoms with Gasteiger partial charge in [-0.2, -0.15) is 0 Å². The third-order valence-corrected chi connectivity index (χ3v) is 6.52. The van der Waals surface area contributed by atoms with Crippen LogP contribution in [0, 0.1) is 5.92 Å². The Morgan fingerprint density at radius 1 is 0.571 bits per heavy atom. The first-order chi connectivity index (χ1) is 17.0. The SMILES string of the molecule is CCCCCCCCCCCCCC(=O)OC[C@H](O)COC(=O)CCCCCCCCCC(C)C. The Morgan fingerprint density at radius 3 is 1.29 bits per heavy atom. The van der Waals surface area contributed by atoms with Gasteiger partial charge >= 0.3 is 11.9 Å². The van der Waals surface area contributed by atoms with Crippen molar-refractivity contribution in [1.82, 2.24) is 0 Å². The van der Waals surface area contributed by atoms with Crippen LogP contribution in [0.4, 0.5) is 0 Å². The van der Waals surface area contributed by atoms with Crippen molar-refractivity contribution in [2.24, 2.45) is 5.92 Å². The van der Waals surface area contributed by atoms with Crippen LogP contribution < -0.4 is 0 Å². The van der Waals surface area contributed by atoms with Crippen molar-refractivity contribution in [3.63, 3.8) is 0 Å². The van der Waals surface area contributed by atoms with E-state index >= 15 is 0 Å². The summed E-state index contributed by atoms with van der Waals surface area (Å²) >= 11 is 0. The quantitative estimate of drug-likeness (QED) is 0.0959. The van der Waals surface area contributed by atoms with E-state index < -0.39 is 6.10 Å². The van der Waals surface area contributed by atoms with Gasteiger partial charge in [0, 0.05) is 12.8 Å². The van der Waals surface area contributed by atoms with E-state index in [0.29, 0.717) is 12.8 Å². The fourth-order valence-electron chi connectivity index (χ4n) is 4.21. The Balaban J connectivity index is 3.44. The van der Waals surface area contributed by atoms with E-state index in [1.165, 1.54) is 89.9 Å². The number of esters is 2. The Morgan fingerprint density at radius 2 is 0.914 bits per heavy atom. The molecule has 208 valence electrons. The summed E-state index contributed by atoms with van der Waals surface area (Å²) in [6.07, 6.45) is 23.0. The molecule has 0 radical (unpaired) electrons. The van der Waals surface area contributed by atoms with E-state index in [0.717, 1.165) is 38.0 Å². The predicted molar refractivity (Wildman–Crippen MR) is 145 cm³/mol. The maximum absolute atomic E-state index is 11.8. The molecule has 0 aliphatic rings. The molecular weight excluding hydrogens is 440 g/mol. The summed E-state index contributed by atoms with van der Waals surface area (Å²) in [6, 6.07) is 0. The molecule has 0 aliphatic carbocycles. The van der Waals surface area contributed by atoms with Gasteiger partial charge in [-0.15, -0.1) is 0 Å². The topological polar surface area (TPSA) is 72.8 Å². The third-order valence-electron chi connectivity index (χ3n) is 6.52. The van der Waals surface area contributed by atoms with Crippen LogP contribution in [0.3, 0.4) is 0 Å². The van der Waals surface area contributed by atoms with E-state index in [2.05, 4.69) is 20.8 Å². The molecule has 35 heavy (non-hydrogen) atoms. The fourth-order valence-corrected chi connectivity index (χ4v) is 4.21.